The smallest absolute Gasteiger partial charge is 0.274 e. The maximum atomic E-state index is 12.4. The number of hydrogen-bond donors (Lipinski definition) is 0. The highest BCUT2D eigenvalue weighted by atomic mass is 16.5. The Morgan fingerprint density at radius 1 is 1.27 bits per heavy atom. The molecule has 2 rings (SSSR count). The Hall–Kier alpha value is -2.02. The van der Waals surface area contributed by atoms with Gasteiger partial charge >= 0.3 is 0 Å². The molecule has 1 aromatic heterocycles. The quantitative estimate of drug-likeness (QED) is 0.768. The molecule has 7 heteroatoms. The highest BCUT2D eigenvalue weighted by Crippen LogP contribution is 2.06. The minimum absolute atomic E-state index is 0.0661. The highest BCUT2D eigenvalue weighted by Gasteiger charge is 2.21. The minimum Gasteiger partial charge on any atom is -0.378 e. The summed E-state index contributed by atoms with van der Waals surface area (Å²) in [6.07, 6.45) is 5.64. The van der Waals surface area contributed by atoms with Gasteiger partial charge in [-0.1, -0.05) is 6.92 Å². The average molecular weight is 306 g/mol. The van der Waals surface area contributed by atoms with Gasteiger partial charge in [0.25, 0.3) is 5.91 Å². The van der Waals surface area contributed by atoms with E-state index in [0.29, 0.717) is 51.5 Å². The van der Waals surface area contributed by atoms with Crippen molar-refractivity contribution in [1.29, 1.82) is 0 Å². The zero-order valence-corrected chi connectivity index (χ0v) is 12.9. The maximum Gasteiger partial charge on any atom is 0.274 e. The summed E-state index contributed by atoms with van der Waals surface area (Å²) in [4.78, 5) is 36.0. The lowest BCUT2D eigenvalue weighted by Gasteiger charge is -2.28. The van der Waals surface area contributed by atoms with Crippen LogP contribution in [0.1, 0.15) is 30.3 Å². The summed E-state index contributed by atoms with van der Waals surface area (Å²) in [6.45, 7) is 5.44. The lowest BCUT2D eigenvalue weighted by atomic mass is 10.2. The molecular formula is C15H22N4O3. The van der Waals surface area contributed by atoms with Gasteiger partial charge in [-0.05, 0) is 6.42 Å². The first kappa shape index (κ1) is 16.4. The van der Waals surface area contributed by atoms with Crippen molar-refractivity contribution < 1.29 is 14.3 Å². The molecule has 0 bridgehead atoms. The largest absolute Gasteiger partial charge is 0.378 e. The molecular weight excluding hydrogens is 284 g/mol. The summed E-state index contributed by atoms with van der Waals surface area (Å²) in [5, 5.41) is 0. The standard InChI is InChI=1S/C15H22N4O3/c1-2-6-19(15(21)13-12-16-4-5-17-13)7-3-14(20)18-8-10-22-11-9-18/h4-5,12H,2-3,6-11H2,1H3. The first-order valence-electron chi connectivity index (χ1n) is 7.63. The molecule has 0 unspecified atom stereocenters. The van der Waals surface area contributed by atoms with Crippen LogP contribution >= 0.6 is 0 Å². The third kappa shape index (κ3) is 4.49. The number of carbonyl (C=O) groups is 2. The van der Waals surface area contributed by atoms with E-state index in [1.807, 2.05) is 6.92 Å². The fraction of sp³-hybridized carbons (Fsp3) is 0.600. The van der Waals surface area contributed by atoms with E-state index in [2.05, 4.69) is 9.97 Å². The molecule has 1 aliphatic heterocycles. The van der Waals surface area contributed by atoms with Crippen LogP contribution in [0.2, 0.25) is 0 Å². The number of amides is 2. The number of rotatable bonds is 6. The molecule has 0 atom stereocenters. The van der Waals surface area contributed by atoms with Gasteiger partial charge in [0, 0.05) is 45.0 Å². The molecule has 0 N–H and O–H groups in total. The summed E-state index contributed by atoms with van der Waals surface area (Å²) < 4.78 is 5.24. The van der Waals surface area contributed by atoms with Gasteiger partial charge in [0.2, 0.25) is 5.91 Å². The molecule has 1 fully saturated rings. The van der Waals surface area contributed by atoms with E-state index < -0.39 is 0 Å². The highest BCUT2D eigenvalue weighted by molar-refractivity contribution is 5.92. The van der Waals surface area contributed by atoms with Crippen molar-refractivity contribution in [3.8, 4) is 0 Å². The molecule has 22 heavy (non-hydrogen) atoms. The lowest BCUT2D eigenvalue weighted by molar-refractivity contribution is -0.135. The Morgan fingerprint density at radius 2 is 2.05 bits per heavy atom. The molecule has 120 valence electrons. The van der Waals surface area contributed by atoms with E-state index in [1.165, 1.54) is 18.6 Å². The van der Waals surface area contributed by atoms with Crippen LogP contribution in [0.4, 0.5) is 0 Å². The third-order valence-electron chi connectivity index (χ3n) is 3.52. The van der Waals surface area contributed by atoms with Crippen LogP contribution in [-0.2, 0) is 9.53 Å². The Kier molecular flexibility index (Phi) is 6.27. The van der Waals surface area contributed by atoms with E-state index in [0.717, 1.165) is 6.42 Å². The predicted molar refractivity (Wildman–Crippen MR) is 80.2 cm³/mol. The fourth-order valence-electron chi connectivity index (χ4n) is 2.36. The molecule has 0 radical (unpaired) electrons. The number of morpholine rings is 1. The molecule has 1 aromatic rings. The predicted octanol–water partition coefficient (Wildman–Crippen LogP) is 0.578. The molecule has 2 amide bonds. The molecule has 0 aromatic carbocycles. The van der Waals surface area contributed by atoms with E-state index in [-0.39, 0.29) is 11.8 Å². The molecule has 0 aliphatic carbocycles. The Morgan fingerprint density at radius 3 is 2.68 bits per heavy atom. The minimum atomic E-state index is -0.176. The van der Waals surface area contributed by atoms with Crippen LogP contribution in [0.3, 0.4) is 0 Å². The first-order chi connectivity index (χ1) is 10.7. The monoisotopic (exact) mass is 306 g/mol. The van der Waals surface area contributed by atoms with E-state index in [1.54, 1.807) is 9.80 Å². The van der Waals surface area contributed by atoms with Crippen molar-refractivity contribution in [3.63, 3.8) is 0 Å². The van der Waals surface area contributed by atoms with Gasteiger partial charge in [-0.3, -0.25) is 14.6 Å². The SMILES string of the molecule is CCCN(CCC(=O)N1CCOCC1)C(=O)c1cnccn1. The summed E-state index contributed by atoms with van der Waals surface area (Å²) in [5.74, 6) is -0.110. The summed E-state index contributed by atoms with van der Waals surface area (Å²) in [7, 11) is 0. The molecule has 0 spiro atoms. The van der Waals surface area contributed by atoms with E-state index in [9.17, 15) is 9.59 Å². The van der Waals surface area contributed by atoms with Gasteiger partial charge in [-0.2, -0.15) is 0 Å². The van der Waals surface area contributed by atoms with E-state index in [4.69, 9.17) is 4.74 Å². The van der Waals surface area contributed by atoms with Gasteiger partial charge < -0.3 is 14.5 Å². The second kappa shape index (κ2) is 8.43. The topological polar surface area (TPSA) is 75.6 Å². The molecule has 2 heterocycles. The number of nitrogens with zero attached hydrogens (tertiary/aromatic N) is 4. The summed E-state index contributed by atoms with van der Waals surface area (Å²) in [6, 6.07) is 0. The van der Waals surface area contributed by atoms with Crippen molar-refractivity contribution >= 4 is 11.8 Å². The van der Waals surface area contributed by atoms with Crippen LogP contribution in [0.5, 0.6) is 0 Å². The zero-order valence-electron chi connectivity index (χ0n) is 12.9. The molecule has 1 saturated heterocycles. The maximum absolute atomic E-state index is 12.4. The zero-order chi connectivity index (χ0) is 15.8. The van der Waals surface area contributed by atoms with Crippen molar-refractivity contribution in [1.82, 2.24) is 19.8 Å². The van der Waals surface area contributed by atoms with Crippen LogP contribution in [-0.4, -0.2) is 71.0 Å². The lowest BCUT2D eigenvalue weighted by Crippen LogP contribution is -2.42. The molecule has 1 aliphatic rings. The third-order valence-corrected chi connectivity index (χ3v) is 3.52. The Bertz CT molecular complexity index is 489. The van der Waals surface area contributed by atoms with Gasteiger partial charge in [0.05, 0.1) is 19.4 Å². The summed E-state index contributed by atoms with van der Waals surface area (Å²) in [5.41, 5.74) is 0.315. The average Bonchev–Trinajstić information content (AvgIpc) is 2.59. The number of ether oxygens (including phenoxy) is 1. The van der Waals surface area contributed by atoms with Gasteiger partial charge in [-0.15, -0.1) is 0 Å². The van der Waals surface area contributed by atoms with E-state index >= 15 is 0 Å². The van der Waals surface area contributed by atoms with Crippen LogP contribution < -0.4 is 0 Å². The number of aromatic nitrogens is 2. The second-order valence-corrected chi connectivity index (χ2v) is 5.13. The Balaban J connectivity index is 1.91. The van der Waals surface area contributed by atoms with Crippen molar-refractivity contribution in [2.75, 3.05) is 39.4 Å². The van der Waals surface area contributed by atoms with Crippen molar-refractivity contribution in [2.24, 2.45) is 0 Å². The van der Waals surface area contributed by atoms with Crippen LogP contribution in [0.25, 0.3) is 0 Å². The van der Waals surface area contributed by atoms with Crippen LogP contribution in [0, 0.1) is 0 Å². The fourth-order valence-corrected chi connectivity index (χ4v) is 2.36. The first-order valence-corrected chi connectivity index (χ1v) is 7.63. The normalized spacial score (nSPS) is 14.7. The Labute approximate surface area is 130 Å². The van der Waals surface area contributed by atoms with Crippen LogP contribution in [0.15, 0.2) is 18.6 Å². The van der Waals surface area contributed by atoms with Gasteiger partial charge in [-0.25, -0.2) is 4.98 Å². The van der Waals surface area contributed by atoms with Crippen molar-refractivity contribution in [3.05, 3.63) is 24.3 Å². The summed E-state index contributed by atoms with van der Waals surface area (Å²) >= 11 is 0. The number of carbonyl (C=O) groups excluding carboxylic acids is 2. The molecule has 7 nitrogen and oxygen atoms in total. The van der Waals surface area contributed by atoms with Crippen molar-refractivity contribution in [2.45, 2.75) is 19.8 Å². The molecule has 0 saturated carbocycles. The number of hydrogen-bond acceptors (Lipinski definition) is 5. The van der Waals surface area contributed by atoms with Gasteiger partial charge in [0.1, 0.15) is 5.69 Å². The second-order valence-electron chi connectivity index (χ2n) is 5.13. The van der Waals surface area contributed by atoms with Gasteiger partial charge in [0.15, 0.2) is 0 Å².